The van der Waals surface area contributed by atoms with Crippen LogP contribution in [0.25, 0.3) is 11.5 Å². The number of ether oxygens (including phenoxy) is 3. The number of aromatic nitrogens is 4. The molecule has 0 saturated carbocycles. The summed E-state index contributed by atoms with van der Waals surface area (Å²) in [5.74, 6) is 0.162. The van der Waals surface area contributed by atoms with Crippen molar-refractivity contribution in [3.8, 4) is 11.5 Å². The number of hydrogen-bond acceptors (Lipinski definition) is 9. The van der Waals surface area contributed by atoms with E-state index in [2.05, 4.69) is 30.8 Å². The topological polar surface area (TPSA) is 112 Å². The molecule has 1 aliphatic rings. The van der Waals surface area contributed by atoms with Crippen LogP contribution in [0.1, 0.15) is 45.6 Å². The predicted molar refractivity (Wildman–Crippen MR) is 149 cm³/mol. The Morgan fingerprint density at radius 1 is 1.34 bits per heavy atom. The van der Waals surface area contributed by atoms with E-state index in [9.17, 15) is 9.59 Å². The number of thiazole rings is 1. The summed E-state index contributed by atoms with van der Waals surface area (Å²) in [7, 11) is 3.29. The number of carbonyl (C=O) groups excluding carboxylic acids is 2. The highest BCUT2D eigenvalue weighted by atomic mass is 79.9. The lowest BCUT2D eigenvalue weighted by atomic mass is 9.88. The lowest BCUT2D eigenvalue weighted by Crippen LogP contribution is -2.45. The van der Waals surface area contributed by atoms with Gasteiger partial charge in [-0.3, -0.25) is 4.79 Å². The second-order valence-corrected chi connectivity index (χ2v) is 11.1. The molecule has 0 radical (unpaired) electrons. The van der Waals surface area contributed by atoms with Crippen LogP contribution in [0.15, 0.2) is 16.9 Å². The predicted octanol–water partition coefficient (Wildman–Crippen LogP) is 5.00. The number of rotatable bonds is 11. The van der Waals surface area contributed by atoms with Crippen molar-refractivity contribution in [1.29, 1.82) is 0 Å². The summed E-state index contributed by atoms with van der Waals surface area (Å²) in [6, 6.07) is 0. The van der Waals surface area contributed by atoms with Gasteiger partial charge < -0.3 is 28.7 Å². The molecule has 4 rings (SSSR count). The maximum atomic E-state index is 13.1. The normalized spacial score (nSPS) is 17.7. The van der Waals surface area contributed by atoms with Crippen LogP contribution in [0.3, 0.4) is 0 Å². The highest BCUT2D eigenvalue weighted by Crippen LogP contribution is 2.37. The van der Waals surface area contributed by atoms with Crippen LogP contribution >= 0.6 is 38.9 Å². The van der Waals surface area contributed by atoms with Gasteiger partial charge >= 0.3 is 5.97 Å². The molecule has 3 aromatic heterocycles. The van der Waals surface area contributed by atoms with Crippen LogP contribution in [0.4, 0.5) is 5.13 Å². The van der Waals surface area contributed by atoms with Crippen molar-refractivity contribution in [2.75, 3.05) is 45.4 Å². The number of halogens is 2. The SMILES string of the molecule is CCOC(=O)c1sc(N2CC[C@@H](CC(=O)c3[nH]c(C)c(Cl)c3Br)[C@@H](OC)C2)nc1-c1nccn1CCOC. The summed E-state index contributed by atoms with van der Waals surface area (Å²) in [6.07, 6.45) is 4.37. The Balaban J connectivity index is 1.55. The Morgan fingerprint density at radius 2 is 2.13 bits per heavy atom. The van der Waals surface area contributed by atoms with Crippen LogP contribution in [0, 0.1) is 12.8 Å². The van der Waals surface area contributed by atoms with E-state index in [1.165, 1.54) is 11.3 Å². The first-order valence-electron chi connectivity index (χ1n) is 12.3. The Bertz CT molecular complexity index is 1290. The van der Waals surface area contributed by atoms with Crippen LogP contribution < -0.4 is 4.90 Å². The summed E-state index contributed by atoms with van der Waals surface area (Å²) in [4.78, 5) is 40.8. The third-order valence-electron chi connectivity index (χ3n) is 6.59. The number of piperidine rings is 1. The van der Waals surface area contributed by atoms with Crippen molar-refractivity contribution in [1.82, 2.24) is 19.5 Å². The molecule has 0 unspecified atom stereocenters. The summed E-state index contributed by atoms with van der Waals surface area (Å²) < 4.78 is 18.9. The minimum absolute atomic E-state index is 0.0172. The first kappa shape index (κ1) is 28.8. The van der Waals surface area contributed by atoms with E-state index in [-0.39, 0.29) is 24.4 Å². The number of methoxy groups -OCH3 is 2. The smallest absolute Gasteiger partial charge is 0.350 e. The second-order valence-electron chi connectivity index (χ2n) is 8.98. The minimum Gasteiger partial charge on any atom is -0.462 e. The van der Waals surface area contributed by atoms with E-state index in [0.29, 0.717) is 69.4 Å². The summed E-state index contributed by atoms with van der Waals surface area (Å²) in [5.41, 5.74) is 1.72. The van der Waals surface area contributed by atoms with Crippen LogP contribution in [0.5, 0.6) is 0 Å². The van der Waals surface area contributed by atoms with E-state index in [0.717, 1.165) is 12.1 Å². The van der Waals surface area contributed by atoms with Gasteiger partial charge in [0.15, 0.2) is 16.7 Å². The molecule has 1 aliphatic heterocycles. The number of hydrogen-bond donors (Lipinski definition) is 1. The lowest BCUT2D eigenvalue weighted by Gasteiger charge is -2.37. The fourth-order valence-electron chi connectivity index (χ4n) is 4.57. The summed E-state index contributed by atoms with van der Waals surface area (Å²) >= 11 is 11.0. The molecule has 0 aromatic carbocycles. The molecule has 1 saturated heterocycles. The van der Waals surface area contributed by atoms with E-state index in [4.69, 9.17) is 30.8 Å². The summed E-state index contributed by atoms with van der Waals surface area (Å²) in [5, 5.41) is 1.21. The highest BCUT2D eigenvalue weighted by Gasteiger charge is 2.34. The molecule has 10 nitrogen and oxygen atoms in total. The molecule has 0 aliphatic carbocycles. The van der Waals surface area contributed by atoms with Gasteiger partial charge in [0, 0.05) is 58.4 Å². The van der Waals surface area contributed by atoms with Crippen molar-refractivity contribution in [2.45, 2.75) is 39.3 Å². The molecule has 2 atom stereocenters. The number of esters is 1. The number of nitrogens with one attached hydrogen (secondary N) is 1. The minimum atomic E-state index is -0.429. The fraction of sp³-hybridized carbons (Fsp3) is 0.520. The standard InChI is InChI=1S/C25H31BrClN5O5S/c1-5-37-24(34)22-21(23-28-7-9-31(23)10-11-35-3)30-25(38-22)32-8-6-15(17(13-32)36-4)12-16(33)20-18(26)19(27)14(2)29-20/h7,9,15,17,29H,5-6,8,10-13H2,1-4H3/t15-,17-/m0/s1. The Labute approximate surface area is 238 Å². The molecular formula is C25H31BrClN5O5S. The number of H-pyrrole nitrogens is 1. The van der Waals surface area contributed by atoms with Gasteiger partial charge in [-0.25, -0.2) is 14.8 Å². The maximum absolute atomic E-state index is 13.1. The third-order valence-corrected chi connectivity index (χ3v) is 9.18. The molecule has 1 fully saturated rings. The number of nitrogens with zero attached hydrogens (tertiary/aromatic N) is 4. The van der Waals surface area contributed by atoms with Crippen LogP contribution in [0.2, 0.25) is 5.02 Å². The van der Waals surface area contributed by atoms with Gasteiger partial charge in [0.05, 0.1) is 34.5 Å². The monoisotopic (exact) mass is 627 g/mol. The van der Waals surface area contributed by atoms with Gasteiger partial charge in [-0.15, -0.1) is 0 Å². The zero-order valence-electron chi connectivity index (χ0n) is 21.8. The first-order valence-corrected chi connectivity index (χ1v) is 14.3. The Kier molecular flexibility index (Phi) is 9.64. The van der Waals surface area contributed by atoms with Gasteiger partial charge in [0.2, 0.25) is 0 Å². The quantitative estimate of drug-likeness (QED) is 0.233. The zero-order chi connectivity index (χ0) is 27.4. The number of Topliss-reactive ketones (excluding diaryl/α,β-unsaturated/α-hetero) is 1. The molecule has 206 valence electrons. The molecule has 1 N–H and O–H groups in total. The molecule has 0 bridgehead atoms. The van der Waals surface area contributed by atoms with Gasteiger partial charge in [-0.1, -0.05) is 22.9 Å². The van der Waals surface area contributed by atoms with Gasteiger partial charge in [0.1, 0.15) is 10.6 Å². The number of aromatic amines is 1. The summed E-state index contributed by atoms with van der Waals surface area (Å²) in [6.45, 7) is 6.14. The van der Waals surface area contributed by atoms with E-state index in [1.54, 1.807) is 27.3 Å². The first-order chi connectivity index (χ1) is 18.3. The Hall–Kier alpha value is -2.25. The maximum Gasteiger partial charge on any atom is 0.350 e. The lowest BCUT2D eigenvalue weighted by molar-refractivity contribution is 0.0374. The molecule has 4 heterocycles. The third kappa shape index (κ3) is 5.99. The second kappa shape index (κ2) is 12.7. The molecule has 38 heavy (non-hydrogen) atoms. The zero-order valence-corrected chi connectivity index (χ0v) is 24.9. The largest absolute Gasteiger partial charge is 0.462 e. The van der Waals surface area contributed by atoms with Gasteiger partial charge in [-0.05, 0) is 42.1 Å². The van der Waals surface area contributed by atoms with Crippen molar-refractivity contribution in [2.24, 2.45) is 5.92 Å². The van der Waals surface area contributed by atoms with Crippen molar-refractivity contribution in [3.05, 3.63) is 38.2 Å². The number of imidazole rings is 1. The van der Waals surface area contributed by atoms with E-state index < -0.39 is 5.97 Å². The molecule has 13 heteroatoms. The molecule has 0 amide bonds. The average Bonchev–Trinajstić information content (AvgIpc) is 3.62. The molecule has 0 spiro atoms. The number of anilines is 1. The van der Waals surface area contributed by atoms with Crippen LogP contribution in [-0.4, -0.2) is 77.9 Å². The van der Waals surface area contributed by atoms with E-state index >= 15 is 0 Å². The molecular weight excluding hydrogens is 598 g/mol. The van der Waals surface area contributed by atoms with Crippen LogP contribution in [-0.2, 0) is 20.8 Å². The van der Waals surface area contributed by atoms with Crippen molar-refractivity contribution in [3.63, 3.8) is 0 Å². The van der Waals surface area contributed by atoms with Gasteiger partial charge in [-0.2, -0.15) is 0 Å². The van der Waals surface area contributed by atoms with Crippen molar-refractivity contribution >= 4 is 55.8 Å². The number of ketones is 1. The fourth-order valence-corrected chi connectivity index (χ4v) is 6.32. The highest BCUT2D eigenvalue weighted by molar-refractivity contribution is 9.10. The number of carbonyl (C=O) groups is 2. The van der Waals surface area contributed by atoms with E-state index in [1.807, 2.05) is 17.7 Å². The van der Waals surface area contributed by atoms with Crippen molar-refractivity contribution < 1.29 is 23.8 Å². The Morgan fingerprint density at radius 3 is 2.79 bits per heavy atom. The average molecular weight is 629 g/mol. The van der Waals surface area contributed by atoms with Gasteiger partial charge in [0.25, 0.3) is 0 Å². The molecule has 3 aromatic rings. The number of aryl methyl sites for hydroxylation is 1.